The zero-order valence-corrected chi connectivity index (χ0v) is 10.9. The Balaban J connectivity index is 1.85. The second-order valence-electron chi connectivity index (χ2n) is 5.37. The molecule has 0 bridgehead atoms. The van der Waals surface area contributed by atoms with E-state index in [0.29, 0.717) is 6.04 Å². The number of aryl methyl sites for hydroxylation is 1. The van der Waals surface area contributed by atoms with Gasteiger partial charge in [-0.15, -0.1) is 0 Å². The Bertz CT molecular complexity index is 627. The van der Waals surface area contributed by atoms with Crippen molar-refractivity contribution in [2.24, 2.45) is 0 Å². The van der Waals surface area contributed by atoms with Crippen LogP contribution in [0.1, 0.15) is 29.2 Å². The summed E-state index contributed by atoms with van der Waals surface area (Å²) < 4.78 is 0. The Hall–Kier alpha value is -2.02. The van der Waals surface area contributed by atoms with E-state index in [9.17, 15) is 0 Å². The summed E-state index contributed by atoms with van der Waals surface area (Å²) in [6.45, 7) is 1.16. The maximum Gasteiger partial charge on any atom is 0.0730 e. The average Bonchev–Trinajstić information content (AvgIpc) is 2.49. The molecular formula is C18H17N. The van der Waals surface area contributed by atoms with Crippen molar-refractivity contribution in [3.63, 3.8) is 0 Å². The number of para-hydroxylation sites is 1. The Morgan fingerprint density at radius 3 is 2.74 bits per heavy atom. The summed E-state index contributed by atoms with van der Waals surface area (Å²) in [7, 11) is 0. The fourth-order valence-corrected chi connectivity index (χ4v) is 3.37. The van der Waals surface area contributed by atoms with Crippen LogP contribution in [-0.2, 0) is 6.42 Å². The molecule has 19 heavy (non-hydrogen) atoms. The molecule has 2 heterocycles. The van der Waals surface area contributed by atoms with E-state index in [0.717, 1.165) is 6.54 Å². The summed E-state index contributed by atoms with van der Waals surface area (Å²) in [5.74, 6) is 0. The lowest BCUT2D eigenvalue weighted by molar-refractivity contribution is 0.645. The molecule has 0 saturated carbocycles. The molecule has 1 heteroatoms. The highest BCUT2D eigenvalue weighted by Gasteiger charge is 2.27. The van der Waals surface area contributed by atoms with E-state index >= 15 is 0 Å². The van der Waals surface area contributed by atoms with Crippen molar-refractivity contribution in [3.8, 4) is 0 Å². The Labute approximate surface area is 114 Å². The third kappa shape index (κ3) is 1.69. The van der Waals surface area contributed by atoms with Gasteiger partial charge in [0.1, 0.15) is 0 Å². The summed E-state index contributed by atoms with van der Waals surface area (Å²) in [6, 6.07) is 17.9. The van der Waals surface area contributed by atoms with Gasteiger partial charge in [-0.3, -0.25) is 0 Å². The number of nitrogens with zero attached hydrogens (tertiary/aromatic N) is 1. The molecule has 2 aliphatic heterocycles. The van der Waals surface area contributed by atoms with Crippen molar-refractivity contribution in [1.82, 2.24) is 0 Å². The van der Waals surface area contributed by atoms with Crippen molar-refractivity contribution >= 4 is 11.8 Å². The quantitative estimate of drug-likeness (QED) is 0.729. The number of hydrogen-bond donors (Lipinski definition) is 0. The van der Waals surface area contributed by atoms with Gasteiger partial charge in [-0.05, 0) is 29.5 Å². The number of rotatable bonds is 1. The molecule has 0 spiro atoms. The maximum absolute atomic E-state index is 2.57. The first kappa shape index (κ1) is 10.9. The van der Waals surface area contributed by atoms with E-state index in [-0.39, 0.29) is 0 Å². The van der Waals surface area contributed by atoms with Crippen LogP contribution in [0.25, 0.3) is 6.08 Å². The van der Waals surface area contributed by atoms with E-state index in [1.54, 1.807) is 0 Å². The van der Waals surface area contributed by atoms with Crippen LogP contribution in [0.2, 0.25) is 0 Å². The second kappa shape index (κ2) is 4.27. The normalized spacial score (nSPS) is 20.2. The monoisotopic (exact) mass is 247 g/mol. The minimum absolute atomic E-state index is 0.398. The van der Waals surface area contributed by atoms with Crippen molar-refractivity contribution in [1.29, 1.82) is 0 Å². The van der Waals surface area contributed by atoms with Gasteiger partial charge in [0.05, 0.1) is 6.04 Å². The fourth-order valence-electron chi connectivity index (χ4n) is 3.37. The molecule has 94 valence electrons. The summed E-state index contributed by atoms with van der Waals surface area (Å²) in [5.41, 5.74) is 5.74. The Morgan fingerprint density at radius 2 is 1.84 bits per heavy atom. The first-order valence-corrected chi connectivity index (χ1v) is 7.05. The first-order valence-electron chi connectivity index (χ1n) is 7.05. The molecular weight excluding hydrogens is 230 g/mol. The molecule has 2 aromatic rings. The lowest BCUT2D eigenvalue weighted by Gasteiger charge is -2.40. The molecule has 0 fully saturated rings. The highest BCUT2D eigenvalue weighted by molar-refractivity contribution is 5.76. The number of anilines is 1. The van der Waals surface area contributed by atoms with E-state index in [2.05, 4.69) is 65.6 Å². The molecule has 0 aliphatic carbocycles. The zero-order chi connectivity index (χ0) is 12.7. The third-order valence-electron chi connectivity index (χ3n) is 4.22. The fraction of sp³-hybridized carbons (Fsp3) is 0.222. The predicted octanol–water partition coefficient (Wildman–Crippen LogP) is 4.21. The molecule has 4 rings (SSSR count). The van der Waals surface area contributed by atoms with Gasteiger partial charge < -0.3 is 4.90 Å². The Kier molecular flexibility index (Phi) is 2.44. The van der Waals surface area contributed by atoms with Crippen LogP contribution in [0.5, 0.6) is 0 Å². The van der Waals surface area contributed by atoms with Crippen LogP contribution >= 0.6 is 0 Å². The van der Waals surface area contributed by atoms with E-state index in [4.69, 9.17) is 0 Å². The first-order chi connectivity index (χ1) is 9.43. The molecule has 0 radical (unpaired) electrons. The third-order valence-corrected chi connectivity index (χ3v) is 4.22. The van der Waals surface area contributed by atoms with Crippen LogP contribution in [0, 0.1) is 0 Å². The van der Waals surface area contributed by atoms with Crippen molar-refractivity contribution in [3.05, 3.63) is 71.3 Å². The van der Waals surface area contributed by atoms with Crippen LogP contribution in [0.4, 0.5) is 5.69 Å². The molecule has 2 aliphatic rings. The molecule has 1 nitrogen and oxygen atoms in total. The van der Waals surface area contributed by atoms with Gasteiger partial charge >= 0.3 is 0 Å². The molecule has 0 saturated heterocycles. The molecule has 0 N–H and O–H groups in total. The highest BCUT2D eigenvalue weighted by Crippen LogP contribution is 2.41. The van der Waals surface area contributed by atoms with E-state index in [1.165, 1.54) is 35.2 Å². The topological polar surface area (TPSA) is 3.24 Å². The van der Waals surface area contributed by atoms with Gasteiger partial charge in [0.25, 0.3) is 0 Å². The lowest BCUT2D eigenvalue weighted by Crippen LogP contribution is -2.34. The minimum atomic E-state index is 0.398. The summed E-state index contributed by atoms with van der Waals surface area (Å²) in [5, 5.41) is 0. The van der Waals surface area contributed by atoms with Crippen LogP contribution in [0.3, 0.4) is 0 Å². The molecule has 0 amide bonds. The smallest absolute Gasteiger partial charge is 0.0730 e. The van der Waals surface area contributed by atoms with Gasteiger partial charge in [-0.1, -0.05) is 60.7 Å². The Morgan fingerprint density at radius 1 is 0.947 bits per heavy atom. The van der Waals surface area contributed by atoms with Crippen LogP contribution in [-0.4, -0.2) is 6.54 Å². The maximum atomic E-state index is 2.57. The molecule has 1 unspecified atom stereocenters. The average molecular weight is 247 g/mol. The highest BCUT2D eigenvalue weighted by atomic mass is 15.2. The van der Waals surface area contributed by atoms with E-state index < -0.39 is 0 Å². The van der Waals surface area contributed by atoms with Gasteiger partial charge in [-0.25, -0.2) is 0 Å². The molecule has 1 atom stereocenters. The SMILES string of the molecule is C1=CC(c2ccccc2)N2CCCc3cccc1c32. The lowest BCUT2D eigenvalue weighted by atomic mass is 9.90. The summed E-state index contributed by atoms with van der Waals surface area (Å²) in [6.07, 6.45) is 7.10. The summed E-state index contributed by atoms with van der Waals surface area (Å²) >= 11 is 0. The van der Waals surface area contributed by atoms with Crippen molar-refractivity contribution in [2.75, 3.05) is 11.4 Å². The van der Waals surface area contributed by atoms with Gasteiger partial charge in [0.15, 0.2) is 0 Å². The number of benzene rings is 2. The van der Waals surface area contributed by atoms with Crippen molar-refractivity contribution < 1.29 is 0 Å². The van der Waals surface area contributed by atoms with Gasteiger partial charge in [-0.2, -0.15) is 0 Å². The van der Waals surface area contributed by atoms with Crippen LogP contribution < -0.4 is 4.90 Å². The minimum Gasteiger partial charge on any atom is -0.360 e. The summed E-state index contributed by atoms with van der Waals surface area (Å²) in [4.78, 5) is 2.57. The number of hydrogen-bond acceptors (Lipinski definition) is 1. The van der Waals surface area contributed by atoms with Gasteiger partial charge in [0, 0.05) is 12.2 Å². The standard InChI is InChI=1S/C18H17N/c1-2-6-14(7-3-1)17-12-11-16-9-4-8-15-10-5-13-19(17)18(15)16/h1-4,6-9,11-12,17H,5,10,13H2. The van der Waals surface area contributed by atoms with Gasteiger partial charge in [0.2, 0.25) is 0 Å². The largest absolute Gasteiger partial charge is 0.360 e. The predicted molar refractivity (Wildman–Crippen MR) is 80.3 cm³/mol. The molecule has 0 aromatic heterocycles. The van der Waals surface area contributed by atoms with E-state index in [1.807, 2.05) is 0 Å². The van der Waals surface area contributed by atoms with Crippen molar-refractivity contribution in [2.45, 2.75) is 18.9 Å². The zero-order valence-electron chi connectivity index (χ0n) is 10.9. The molecule has 2 aromatic carbocycles. The second-order valence-corrected chi connectivity index (χ2v) is 5.37. The van der Waals surface area contributed by atoms with Crippen LogP contribution in [0.15, 0.2) is 54.6 Å².